The molecule has 0 saturated carbocycles. The van der Waals surface area contributed by atoms with Crippen LogP contribution < -0.4 is 4.18 Å². The topological polar surface area (TPSA) is 26.3 Å². The number of fused-ring (bicyclic) bond motifs is 4. The summed E-state index contributed by atoms with van der Waals surface area (Å²) < 4.78 is 54.2. The van der Waals surface area contributed by atoms with Crippen LogP contribution in [-0.4, -0.2) is 9.72 Å². The van der Waals surface area contributed by atoms with Crippen molar-refractivity contribution in [3.63, 3.8) is 0 Å². The summed E-state index contributed by atoms with van der Waals surface area (Å²) in [5.74, 6) is -0.100. The molecule has 0 aromatic heterocycles. The van der Waals surface area contributed by atoms with E-state index in [-0.39, 0.29) is 5.75 Å². The van der Waals surface area contributed by atoms with Gasteiger partial charge in [0.25, 0.3) is 0 Å². The highest BCUT2D eigenvalue weighted by molar-refractivity contribution is 7.81. The number of rotatable bonds is 4. The lowest BCUT2D eigenvalue weighted by Crippen LogP contribution is -2.20. The van der Waals surface area contributed by atoms with E-state index in [2.05, 4.69) is 77.0 Å². The van der Waals surface area contributed by atoms with Gasteiger partial charge in [0.1, 0.15) is 5.75 Å². The van der Waals surface area contributed by atoms with E-state index < -0.39 is 16.6 Å². The quantitative estimate of drug-likeness (QED) is 0.200. The molecule has 0 aliphatic heterocycles. The summed E-state index contributed by atoms with van der Waals surface area (Å²) in [5, 5.41) is 8.37. The summed E-state index contributed by atoms with van der Waals surface area (Å²) in [4.78, 5) is 0. The van der Waals surface area contributed by atoms with Gasteiger partial charge >= 0.3 is 16.6 Å². The fraction of sp³-hybridized carbons (Fsp3) is 0.0286. The third-order valence-corrected chi connectivity index (χ3v) is 8.15. The van der Waals surface area contributed by atoms with Gasteiger partial charge in [-0.25, -0.2) is 4.21 Å². The van der Waals surface area contributed by atoms with E-state index in [0.717, 1.165) is 43.6 Å². The van der Waals surface area contributed by atoms with Gasteiger partial charge in [-0.05, 0) is 89.6 Å². The van der Waals surface area contributed by atoms with E-state index in [4.69, 9.17) is 0 Å². The van der Waals surface area contributed by atoms with Crippen molar-refractivity contribution in [2.24, 2.45) is 0 Å². The van der Waals surface area contributed by atoms with Gasteiger partial charge in [-0.1, -0.05) is 103 Å². The van der Waals surface area contributed by atoms with Crippen LogP contribution in [0.4, 0.5) is 13.2 Å². The van der Waals surface area contributed by atoms with Gasteiger partial charge in [0.2, 0.25) is 0 Å². The van der Waals surface area contributed by atoms with Crippen LogP contribution >= 0.6 is 0 Å². The second kappa shape index (κ2) is 9.75. The number of hydrogen-bond donors (Lipinski definition) is 0. The van der Waals surface area contributed by atoms with Crippen LogP contribution in [0.3, 0.4) is 0 Å². The Kier molecular flexibility index (Phi) is 6.02. The summed E-state index contributed by atoms with van der Waals surface area (Å²) in [6, 6.07) is 42.1. The second-order valence-electron chi connectivity index (χ2n) is 9.89. The Hall–Kier alpha value is -4.68. The molecule has 41 heavy (non-hydrogen) atoms. The largest absolute Gasteiger partial charge is 0.508 e. The Labute approximate surface area is 236 Å². The van der Waals surface area contributed by atoms with Gasteiger partial charge in [-0.3, -0.25) is 0 Å². The van der Waals surface area contributed by atoms with Gasteiger partial charge in [0.15, 0.2) is 0 Å². The molecular formula is C35H21F3O2S. The van der Waals surface area contributed by atoms with Crippen molar-refractivity contribution < 1.29 is 21.6 Å². The van der Waals surface area contributed by atoms with Crippen LogP contribution in [0.25, 0.3) is 65.3 Å². The maximum absolute atomic E-state index is 12.7. The molecule has 1 atom stereocenters. The zero-order valence-corrected chi connectivity index (χ0v) is 22.3. The van der Waals surface area contributed by atoms with E-state index in [1.54, 1.807) is 6.07 Å². The Morgan fingerprint density at radius 2 is 0.902 bits per heavy atom. The summed E-state index contributed by atoms with van der Waals surface area (Å²) >= 11 is -3.42. The zero-order chi connectivity index (χ0) is 28.1. The van der Waals surface area contributed by atoms with Gasteiger partial charge in [-0.2, -0.15) is 13.2 Å². The third kappa shape index (κ3) is 4.50. The molecular weight excluding hydrogens is 541 g/mol. The standard InChI is InChI=1S/C35H21F3O2S/c36-35(37,38)41(39)40-28-18-17-24-20-27(16-14-25(24)21-28)34-31-11-5-3-9-29(31)33(30-10-4-6-12-32(30)34)26-15-13-22-7-1-2-8-23(22)19-26/h1-21H. The zero-order valence-electron chi connectivity index (χ0n) is 21.5. The monoisotopic (exact) mass is 562 g/mol. The van der Waals surface area contributed by atoms with E-state index in [0.29, 0.717) is 5.39 Å². The predicted octanol–water partition coefficient (Wildman–Crippen LogP) is 10.2. The van der Waals surface area contributed by atoms with E-state index in [1.165, 1.54) is 28.5 Å². The molecule has 0 fully saturated rings. The minimum absolute atomic E-state index is 0.100. The molecule has 0 aliphatic rings. The Balaban J connectivity index is 1.43. The Bertz CT molecular complexity index is 2090. The molecule has 0 saturated heterocycles. The summed E-state index contributed by atoms with van der Waals surface area (Å²) in [6.07, 6.45) is 0. The molecule has 0 bridgehead atoms. The van der Waals surface area contributed by atoms with Crippen molar-refractivity contribution in [1.82, 2.24) is 0 Å². The number of hydrogen-bond acceptors (Lipinski definition) is 2. The molecule has 1 unspecified atom stereocenters. The van der Waals surface area contributed by atoms with Crippen LogP contribution in [0, 0.1) is 0 Å². The molecule has 7 aromatic rings. The summed E-state index contributed by atoms with van der Waals surface area (Å²) in [5.41, 5.74) is -0.556. The molecule has 6 heteroatoms. The molecule has 0 spiro atoms. The smallest absolute Gasteiger partial charge is 0.394 e. The van der Waals surface area contributed by atoms with Crippen LogP contribution in [0.2, 0.25) is 0 Å². The van der Waals surface area contributed by atoms with Gasteiger partial charge in [0, 0.05) is 0 Å². The number of halogens is 3. The first-order chi connectivity index (χ1) is 19.9. The fourth-order valence-electron chi connectivity index (χ4n) is 5.66. The summed E-state index contributed by atoms with van der Waals surface area (Å²) in [7, 11) is 0. The molecule has 200 valence electrons. The molecule has 0 aliphatic carbocycles. The Morgan fingerprint density at radius 3 is 1.44 bits per heavy atom. The second-order valence-corrected chi connectivity index (χ2v) is 11.0. The first kappa shape index (κ1) is 25.3. The first-order valence-electron chi connectivity index (χ1n) is 13.0. The molecule has 0 radical (unpaired) electrons. The molecule has 0 N–H and O–H groups in total. The molecule has 2 nitrogen and oxygen atoms in total. The maximum atomic E-state index is 12.7. The van der Waals surface area contributed by atoms with Crippen molar-refractivity contribution in [3.8, 4) is 28.0 Å². The van der Waals surface area contributed by atoms with Crippen molar-refractivity contribution in [2.45, 2.75) is 5.51 Å². The molecule has 0 heterocycles. The van der Waals surface area contributed by atoms with E-state index >= 15 is 0 Å². The molecule has 7 rings (SSSR count). The van der Waals surface area contributed by atoms with Crippen molar-refractivity contribution >= 4 is 54.2 Å². The minimum atomic E-state index is -4.94. The Morgan fingerprint density at radius 1 is 0.488 bits per heavy atom. The van der Waals surface area contributed by atoms with Gasteiger partial charge < -0.3 is 4.18 Å². The molecule has 0 amide bonds. The lowest BCUT2D eigenvalue weighted by molar-refractivity contribution is -0.0437. The van der Waals surface area contributed by atoms with Crippen molar-refractivity contribution in [2.75, 3.05) is 0 Å². The first-order valence-corrected chi connectivity index (χ1v) is 14.1. The third-order valence-electron chi connectivity index (χ3n) is 7.43. The van der Waals surface area contributed by atoms with Crippen molar-refractivity contribution in [1.29, 1.82) is 0 Å². The van der Waals surface area contributed by atoms with E-state index in [1.807, 2.05) is 36.4 Å². The lowest BCUT2D eigenvalue weighted by Gasteiger charge is -2.18. The fourth-order valence-corrected chi connectivity index (χ4v) is 6.03. The number of benzene rings is 7. The normalized spacial score (nSPS) is 12.8. The van der Waals surface area contributed by atoms with Gasteiger partial charge in [-0.15, -0.1) is 0 Å². The highest BCUT2D eigenvalue weighted by Crippen LogP contribution is 2.44. The average molecular weight is 563 g/mol. The van der Waals surface area contributed by atoms with Crippen molar-refractivity contribution in [3.05, 3.63) is 127 Å². The highest BCUT2D eigenvalue weighted by atomic mass is 32.2. The van der Waals surface area contributed by atoms with Crippen LogP contribution in [-0.2, 0) is 11.1 Å². The summed E-state index contributed by atoms with van der Waals surface area (Å²) in [6.45, 7) is 0. The molecule has 7 aromatic carbocycles. The van der Waals surface area contributed by atoms with Crippen LogP contribution in [0.1, 0.15) is 0 Å². The van der Waals surface area contributed by atoms with Gasteiger partial charge in [0.05, 0.1) is 0 Å². The minimum Gasteiger partial charge on any atom is -0.394 e. The van der Waals surface area contributed by atoms with Crippen LogP contribution in [0.5, 0.6) is 5.75 Å². The SMILES string of the molecule is O=S(Oc1ccc2cc(-c3c4ccccc4c(-c4ccc5ccccc5c4)c4ccccc34)ccc2c1)C(F)(F)F. The number of alkyl halides is 3. The van der Waals surface area contributed by atoms with E-state index in [9.17, 15) is 17.4 Å². The maximum Gasteiger partial charge on any atom is 0.508 e. The average Bonchev–Trinajstić information content (AvgIpc) is 2.99. The highest BCUT2D eigenvalue weighted by Gasteiger charge is 2.40. The lowest BCUT2D eigenvalue weighted by atomic mass is 9.85. The predicted molar refractivity (Wildman–Crippen MR) is 162 cm³/mol. The van der Waals surface area contributed by atoms with Crippen LogP contribution in [0.15, 0.2) is 127 Å².